The van der Waals surface area contributed by atoms with Crippen molar-refractivity contribution in [3.63, 3.8) is 0 Å². The second kappa shape index (κ2) is 13.0. The standard InChI is InChI=1S/C33H32Cl4FN7O2/c1-7-21(46)44-16(5)12-43(13-17(44)6)31-18-10-20(34)29(22-23(35)24(36)26(38)25(37)27(22)40)42-32(18)45(33(47)19(31)11-39)30-15(4)8-9-41-28(30)14(2)3/h7-10,14,16-17,28,41H,1,12-13,40H2,2-6H3/t16-,17+,28?. The minimum Gasteiger partial charge on any atom is -0.397 e. The topological polar surface area (TPSA) is 120 Å². The van der Waals surface area contributed by atoms with Crippen molar-refractivity contribution >= 4 is 80.4 Å². The molecule has 3 N–H and O–H groups in total. The molecule has 0 spiro atoms. The predicted molar refractivity (Wildman–Crippen MR) is 189 cm³/mol. The summed E-state index contributed by atoms with van der Waals surface area (Å²) in [5.74, 6) is -1.20. The summed E-state index contributed by atoms with van der Waals surface area (Å²) in [5.41, 5.74) is 7.13. The maximum Gasteiger partial charge on any atom is 0.276 e. The molecule has 0 radical (unpaired) electrons. The van der Waals surface area contributed by atoms with E-state index in [2.05, 4.69) is 18.0 Å². The largest absolute Gasteiger partial charge is 0.397 e. The van der Waals surface area contributed by atoms with Gasteiger partial charge in [0.05, 0.1) is 43.9 Å². The molecule has 246 valence electrons. The van der Waals surface area contributed by atoms with Gasteiger partial charge in [0.1, 0.15) is 22.3 Å². The first kappa shape index (κ1) is 34.6. The molecular formula is C33H32Cl4FN7O2. The molecule has 9 nitrogen and oxygen atoms in total. The maximum atomic E-state index is 14.7. The fraction of sp³-hybridized carbons (Fsp3) is 0.333. The van der Waals surface area contributed by atoms with E-state index in [-0.39, 0.29) is 68.2 Å². The van der Waals surface area contributed by atoms with Crippen LogP contribution < -0.4 is 21.5 Å². The molecule has 1 saturated heterocycles. The van der Waals surface area contributed by atoms with Gasteiger partial charge in [0.15, 0.2) is 5.82 Å². The molecular weight excluding hydrogens is 687 g/mol. The highest BCUT2D eigenvalue weighted by Gasteiger charge is 2.36. The van der Waals surface area contributed by atoms with E-state index in [9.17, 15) is 19.2 Å². The van der Waals surface area contributed by atoms with Crippen LogP contribution in [-0.2, 0) is 4.79 Å². The Bertz CT molecular complexity index is 1980. The number of carbonyl (C=O) groups is 1. The molecule has 14 heteroatoms. The highest BCUT2D eigenvalue weighted by Crippen LogP contribution is 2.47. The van der Waals surface area contributed by atoms with Crippen molar-refractivity contribution in [2.75, 3.05) is 23.7 Å². The number of halogens is 5. The molecule has 1 aromatic carbocycles. The Kier molecular flexibility index (Phi) is 9.59. The van der Waals surface area contributed by atoms with Crippen molar-refractivity contribution in [2.24, 2.45) is 5.92 Å². The highest BCUT2D eigenvalue weighted by molar-refractivity contribution is 6.47. The lowest BCUT2D eigenvalue weighted by molar-refractivity contribution is -0.130. The van der Waals surface area contributed by atoms with Gasteiger partial charge in [-0.25, -0.2) is 9.37 Å². The third kappa shape index (κ3) is 5.63. The van der Waals surface area contributed by atoms with E-state index in [0.29, 0.717) is 29.9 Å². The van der Waals surface area contributed by atoms with Gasteiger partial charge >= 0.3 is 0 Å². The normalized spacial score (nSPS) is 19.7. The zero-order chi connectivity index (χ0) is 34.6. The minimum absolute atomic E-state index is 0.00792. The van der Waals surface area contributed by atoms with Gasteiger partial charge in [-0.2, -0.15) is 5.26 Å². The molecule has 4 heterocycles. The summed E-state index contributed by atoms with van der Waals surface area (Å²) in [6.45, 7) is 13.9. The fourth-order valence-corrected chi connectivity index (χ4v) is 7.48. The molecule has 1 fully saturated rings. The van der Waals surface area contributed by atoms with Crippen molar-refractivity contribution in [3.8, 4) is 17.3 Å². The Morgan fingerprint density at radius 1 is 1.19 bits per heavy atom. The summed E-state index contributed by atoms with van der Waals surface area (Å²) in [7, 11) is 0. The number of fused-ring (bicyclic) bond motifs is 1. The Hall–Kier alpha value is -3.75. The summed E-state index contributed by atoms with van der Waals surface area (Å²) >= 11 is 25.8. The van der Waals surface area contributed by atoms with Crippen LogP contribution in [0.25, 0.3) is 28.0 Å². The number of dihydropyridines is 1. The molecule has 0 aliphatic carbocycles. The maximum absolute atomic E-state index is 14.7. The quantitative estimate of drug-likeness (QED) is 0.123. The van der Waals surface area contributed by atoms with Crippen LogP contribution >= 0.6 is 46.4 Å². The van der Waals surface area contributed by atoms with E-state index in [1.165, 1.54) is 10.6 Å². The number of nitrogen functional groups attached to an aromatic ring is 1. The lowest BCUT2D eigenvalue weighted by atomic mass is 9.94. The van der Waals surface area contributed by atoms with E-state index >= 15 is 0 Å². The smallest absolute Gasteiger partial charge is 0.276 e. The molecule has 3 aromatic rings. The molecule has 2 aromatic heterocycles. The van der Waals surface area contributed by atoms with Gasteiger partial charge in [-0.05, 0) is 56.7 Å². The number of nitriles is 1. The van der Waals surface area contributed by atoms with Gasteiger partial charge in [0, 0.05) is 36.1 Å². The van der Waals surface area contributed by atoms with Crippen LogP contribution in [0.15, 0.2) is 41.4 Å². The number of nitrogens with one attached hydrogen (secondary N) is 1. The molecule has 2 aliphatic rings. The third-order valence-electron chi connectivity index (χ3n) is 8.61. The minimum atomic E-state index is -0.993. The number of hydrogen-bond acceptors (Lipinski definition) is 7. The van der Waals surface area contributed by atoms with Crippen LogP contribution in [0.2, 0.25) is 20.1 Å². The van der Waals surface area contributed by atoms with Crippen LogP contribution in [0.5, 0.6) is 0 Å². The summed E-state index contributed by atoms with van der Waals surface area (Å²) < 4.78 is 16.1. The number of nitrogens with zero attached hydrogens (tertiary/aromatic N) is 5. The lowest BCUT2D eigenvalue weighted by Gasteiger charge is -2.45. The van der Waals surface area contributed by atoms with E-state index in [1.807, 2.05) is 51.8 Å². The number of rotatable bonds is 5. The second-order valence-corrected chi connectivity index (χ2v) is 13.6. The van der Waals surface area contributed by atoms with Gasteiger partial charge in [-0.3, -0.25) is 14.2 Å². The number of hydrogen-bond donors (Lipinski definition) is 2. The van der Waals surface area contributed by atoms with Gasteiger partial charge in [0.25, 0.3) is 5.56 Å². The summed E-state index contributed by atoms with van der Waals surface area (Å²) in [6, 6.07) is 2.81. The van der Waals surface area contributed by atoms with Crippen LogP contribution in [0.4, 0.5) is 15.8 Å². The number of aromatic nitrogens is 2. The first-order chi connectivity index (χ1) is 22.2. The van der Waals surface area contributed by atoms with Crippen molar-refractivity contribution in [2.45, 2.75) is 52.7 Å². The van der Waals surface area contributed by atoms with Crippen molar-refractivity contribution in [1.82, 2.24) is 19.8 Å². The van der Waals surface area contributed by atoms with Crippen molar-refractivity contribution in [3.05, 3.63) is 78.4 Å². The molecule has 47 heavy (non-hydrogen) atoms. The Balaban J connectivity index is 1.92. The number of allylic oxidation sites excluding steroid dienone is 2. The second-order valence-electron chi connectivity index (χ2n) is 12.1. The number of anilines is 2. The first-order valence-electron chi connectivity index (χ1n) is 14.8. The number of nitrogens with two attached hydrogens (primary N) is 1. The van der Waals surface area contributed by atoms with Gasteiger partial charge in [-0.1, -0.05) is 66.8 Å². The molecule has 2 aliphatic heterocycles. The molecule has 0 saturated carbocycles. The van der Waals surface area contributed by atoms with Crippen LogP contribution in [-0.4, -0.2) is 51.6 Å². The Labute approximate surface area is 291 Å². The van der Waals surface area contributed by atoms with Crippen molar-refractivity contribution < 1.29 is 9.18 Å². The Morgan fingerprint density at radius 2 is 1.83 bits per heavy atom. The number of amides is 1. The predicted octanol–water partition coefficient (Wildman–Crippen LogP) is 7.25. The van der Waals surface area contributed by atoms with E-state index < -0.39 is 21.4 Å². The number of pyridine rings is 2. The van der Waals surface area contributed by atoms with Gasteiger partial charge < -0.3 is 20.9 Å². The number of piperazine rings is 1. The highest BCUT2D eigenvalue weighted by atomic mass is 35.5. The molecule has 1 unspecified atom stereocenters. The molecule has 3 atom stereocenters. The zero-order valence-electron chi connectivity index (χ0n) is 26.3. The Morgan fingerprint density at radius 3 is 2.40 bits per heavy atom. The fourth-order valence-electron chi connectivity index (χ4n) is 6.53. The van der Waals surface area contributed by atoms with Gasteiger partial charge in [0.2, 0.25) is 5.91 Å². The zero-order valence-corrected chi connectivity index (χ0v) is 29.3. The van der Waals surface area contributed by atoms with Crippen molar-refractivity contribution in [1.29, 1.82) is 5.26 Å². The van der Waals surface area contributed by atoms with Crippen LogP contribution in [0.3, 0.4) is 0 Å². The van der Waals surface area contributed by atoms with E-state index in [4.69, 9.17) is 57.1 Å². The average Bonchev–Trinajstić information content (AvgIpc) is 3.02. The molecule has 5 rings (SSSR count). The third-order valence-corrected chi connectivity index (χ3v) is 10.1. The summed E-state index contributed by atoms with van der Waals surface area (Å²) in [4.78, 5) is 35.8. The summed E-state index contributed by atoms with van der Waals surface area (Å²) in [5, 5.41) is 13.1. The van der Waals surface area contributed by atoms with E-state index in [0.717, 1.165) is 5.57 Å². The summed E-state index contributed by atoms with van der Waals surface area (Å²) in [6.07, 6.45) is 4.91. The van der Waals surface area contributed by atoms with Crippen LogP contribution in [0, 0.1) is 23.1 Å². The monoisotopic (exact) mass is 717 g/mol. The lowest BCUT2D eigenvalue weighted by Crippen LogP contribution is -2.58. The van der Waals surface area contributed by atoms with E-state index in [1.54, 1.807) is 11.0 Å². The SMILES string of the molecule is C=CC(=O)N1[C@H](C)CN(c2c(C#N)c(=O)n(C3=C(C)C=CNC3C(C)C)c3nc(-c4c(N)c(Cl)c(F)c(Cl)c4Cl)c(Cl)cc23)C[C@@H]1C. The van der Waals surface area contributed by atoms with Crippen LogP contribution in [0.1, 0.15) is 40.2 Å². The number of carbonyl (C=O) groups excluding carboxylic acids is 1. The molecule has 1 amide bonds. The number of benzene rings is 1. The average molecular weight is 719 g/mol. The molecule has 0 bridgehead atoms. The van der Waals surface area contributed by atoms with Gasteiger partial charge in [-0.15, -0.1) is 0 Å². The first-order valence-corrected chi connectivity index (χ1v) is 16.3.